The van der Waals surface area contributed by atoms with E-state index >= 15 is 0 Å². The van der Waals surface area contributed by atoms with Crippen LogP contribution in [0.5, 0.6) is 0 Å². The van der Waals surface area contributed by atoms with Crippen molar-refractivity contribution in [3.8, 4) is 0 Å². The number of nitrogens with one attached hydrogen (secondary N) is 2. The molecular formula is C18H29N5O2. The minimum Gasteiger partial charge on any atom is -0.369 e. The number of piperidine rings is 1. The van der Waals surface area contributed by atoms with E-state index in [0.717, 1.165) is 31.8 Å². The first-order valence-electron chi connectivity index (χ1n) is 9.46. The summed E-state index contributed by atoms with van der Waals surface area (Å²) in [6.07, 6.45) is 9.04. The Labute approximate surface area is 148 Å². The zero-order valence-corrected chi connectivity index (χ0v) is 14.8. The second kappa shape index (κ2) is 8.47. The van der Waals surface area contributed by atoms with Crippen LogP contribution in [-0.4, -0.2) is 46.5 Å². The minimum absolute atomic E-state index is 0.0478. The van der Waals surface area contributed by atoms with Crippen molar-refractivity contribution in [2.45, 2.75) is 57.4 Å². The summed E-state index contributed by atoms with van der Waals surface area (Å²) in [4.78, 5) is 32.6. The van der Waals surface area contributed by atoms with E-state index in [2.05, 4.69) is 20.2 Å². The Kier molecular flexibility index (Phi) is 6.07. The van der Waals surface area contributed by atoms with Crippen LogP contribution in [0.1, 0.15) is 50.6 Å². The molecule has 0 spiro atoms. The number of anilines is 1. The van der Waals surface area contributed by atoms with E-state index in [0.29, 0.717) is 5.69 Å². The fourth-order valence-electron chi connectivity index (χ4n) is 4.14. The number of H-pyrrole nitrogens is 1. The smallest absolute Gasteiger partial charge is 0.252 e. The first-order chi connectivity index (χ1) is 12.1. The molecule has 7 nitrogen and oxygen atoms in total. The average Bonchev–Trinajstić information content (AvgIpc) is 2.55. The highest BCUT2D eigenvalue weighted by Crippen LogP contribution is 2.25. The van der Waals surface area contributed by atoms with E-state index in [-0.39, 0.29) is 29.9 Å². The normalized spacial score (nSPS) is 22.6. The fraction of sp³-hybridized carbons (Fsp3) is 0.722. The van der Waals surface area contributed by atoms with Crippen LogP contribution in [0.2, 0.25) is 0 Å². The van der Waals surface area contributed by atoms with Gasteiger partial charge in [-0.15, -0.1) is 0 Å². The molecule has 0 radical (unpaired) electrons. The van der Waals surface area contributed by atoms with Gasteiger partial charge in [-0.1, -0.05) is 19.3 Å². The van der Waals surface area contributed by atoms with Gasteiger partial charge >= 0.3 is 0 Å². The SMILES string of the molecule is Nc1nc(CC(=O)N[C@@H]2CCCN(CC3CCCCC3)C2)cc(=O)[nH]1. The second-order valence-electron chi connectivity index (χ2n) is 7.47. The van der Waals surface area contributed by atoms with Gasteiger partial charge in [-0.05, 0) is 38.1 Å². The summed E-state index contributed by atoms with van der Waals surface area (Å²) in [7, 11) is 0. The average molecular weight is 347 g/mol. The van der Waals surface area contributed by atoms with Crippen molar-refractivity contribution in [3.05, 3.63) is 22.1 Å². The number of aromatic nitrogens is 2. The maximum absolute atomic E-state index is 12.3. The molecule has 1 atom stereocenters. The van der Waals surface area contributed by atoms with E-state index in [1.165, 1.54) is 44.7 Å². The first kappa shape index (κ1) is 17.9. The predicted molar refractivity (Wildman–Crippen MR) is 97.2 cm³/mol. The summed E-state index contributed by atoms with van der Waals surface area (Å²) < 4.78 is 0. The zero-order chi connectivity index (χ0) is 17.6. The van der Waals surface area contributed by atoms with Crippen LogP contribution in [0.25, 0.3) is 0 Å². The molecule has 0 aromatic carbocycles. The Morgan fingerprint density at radius 2 is 2.08 bits per heavy atom. The maximum Gasteiger partial charge on any atom is 0.252 e. The Hall–Kier alpha value is -1.89. The molecule has 1 aliphatic carbocycles. The number of amides is 1. The van der Waals surface area contributed by atoms with Crippen LogP contribution in [0.4, 0.5) is 5.95 Å². The van der Waals surface area contributed by atoms with E-state index < -0.39 is 0 Å². The molecule has 1 saturated carbocycles. The van der Waals surface area contributed by atoms with Crippen molar-refractivity contribution >= 4 is 11.9 Å². The summed E-state index contributed by atoms with van der Waals surface area (Å²) in [5.41, 5.74) is 5.60. The van der Waals surface area contributed by atoms with Crippen molar-refractivity contribution in [1.82, 2.24) is 20.2 Å². The van der Waals surface area contributed by atoms with E-state index in [1.807, 2.05) is 0 Å². The number of nitrogen functional groups attached to an aromatic ring is 1. The summed E-state index contributed by atoms with van der Waals surface area (Å²) in [5.74, 6) is 0.778. The zero-order valence-electron chi connectivity index (χ0n) is 14.8. The van der Waals surface area contributed by atoms with Gasteiger partial charge in [0.1, 0.15) is 0 Å². The third-order valence-electron chi connectivity index (χ3n) is 5.27. The van der Waals surface area contributed by atoms with Crippen molar-refractivity contribution in [2.75, 3.05) is 25.4 Å². The van der Waals surface area contributed by atoms with Crippen molar-refractivity contribution in [1.29, 1.82) is 0 Å². The molecule has 25 heavy (non-hydrogen) atoms. The van der Waals surface area contributed by atoms with Crippen molar-refractivity contribution in [2.24, 2.45) is 5.92 Å². The molecule has 3 rings (SSSR count). The number of likely N-dealkylation sites (tertiary alicyclic amines) is 1. The van der Waals surface area contributed by atoms with Gasteiger partial charge in [0.15, 0.2) is 0 Å². The molecule has 1 aliphatic heterocycles. The highest BCUT2D eigenvalue weighted by atomic mass is 16.1. The van der Waals surface area contributed by atoms with Crippen LogP contribution >= 0.6 is 0 Å². The quantitative estimate of drug-likeness (QED) is 0.739. The van der Waals surface area contributed by atoms with Crippen LogP contribution < -0.4 is 16.6 Å². The highest BCUT2D eigenvalue weighted by molar-refractivity contribution is 5.78. The summed E-state index contributed by atoms with van der Waals surface area (Å²) in [5, 5.41) is 3.10. The fourth-order valence-corrected chi connectivity index (χ4v) is 4.14. The lowest BCUT2D eigenvalue weighted by Gasteiger charge is -2.36. The molecule has 2 heterocycles. The third kappa shape index (κ3) is 5.56. The lowest BCUT2D eigenvalue weighted by molar-refractivity contribution is -0.121. The van der Waals surface area contributed by atoms with Gasteiger partial charge in [-0.3, -0.25) is 14.6 Å². The second-order valence-corrected chi connectivity index (χ2v) is 7.47. The maximum atomic E-state index is 12.3. The Bertz CT molecular complexity index is 639. The number of aromatic amines is 1. The highest BCUT2D eigenvalue weighted by Gasteiger charge is 2.24. The molecule has 0 unspecified atom stereocenters. The van der Waals surface area contributed by atoms with Crippen LogP contribution in [0, 0.1) is 5.92 Å². The predicted octanol–water partition coefficient (Wildman–Crippen LogP) is 1.06. The van der Waals surface area contributed by atoms with Gasteiger partial charge in [0, 0.05) is 25.2 Å². The van der Waals surface area contributed by atoms with Crippen LogP contribution in [0.15, 0.2) is 10.9 Å². The van der Waals surface area contributed by atoms with Gasteiger partial charge < -0.3 is 16.0 Å². The van der Waals surface area contributed by atoms with Gasteiger partial charge in [-0.25, -0.2) is 4.98 Å². The van der Waals surface area contributed by atoms with Gasteiger partial charge in [0.2, 0.25) is 11.9 Å². The number of hydrogen-bond acceptors (Lipinski definition) is 5. The lowest BCUT2D eigenvalue weighted by Crippen LogP contribution is -2.49. The molecule has 1 aromatic heterocycles. The number of nitrogens with zero attached hydrogens (tertiary/aromatic N) is 2. The minimum atomic E-state index is -0.327. The molecule has 2 aliphatic rings. The van der Waals surface area contributed by atoms with E-state index in [1.54, 1.807) is 0 Å². The summed E-state index contributed by atoms with van der Waals surface area (Å²) >= 11 is 0. The number of hydrogen-bond donors (Lipinski definition) is 3. The Morgan fingerprint density at radius 1 is 1.28 bits per heavy atom. The molecule has 2 fully saturated rings. The van der Waals surface area contributed by atoms with Gasteiger partial charge in [-0.2, -0.15) is 0 Å². The van der Waals surface area contributed by atoms with Crippen LogP contribution in [-0.2, 0) is 11.2 Å². The standard InChI is InChI=1S/C18H29N5O2/c19-18-21-15(10-17(25)22-18)9-16(24)20-14-7-4-8-23(12-14)11-13-5-2-1-3-6-13/h10,13-14H,1-9,11-12H2,(H,20,24)(H3,19,21,22,25)/t14-/m1/s1. The number of carbonyl (C=O) groups excluding carboxylic acids is 1. The number of nitrogens with two attached hydrogens (primary N) is 1. The molecule has 138 valence electrons. The Morgan fingerprint density at radius 3 is 2.84 bits per heavy atom. The monoisotopic (exact) mass is 347 g/mol. The van der Waals surface area contributed by atoms with E-state index in [9.17, 15) is 9.59 Å². The molecule has 0 bridgehead atoms. The van der Waals surface area contributed by atoms with E-state index in [4.69, 9.17) is 5.73 Å². The molecule has 4 N–H and O–H groups in total. The molecule has 1 saturated heterocycles. The largest absolute Gasteiger partial charge is 0.369 e. The first-order valence-corrected chi connectivity index (χ1v) is 9.46. The molecule has 1 aromatic rings. The van der Waals surface area contributed by atoms with Gasteiger partial charge in [0.05, 0.1) is 12.1 Å². The van der Waals surface area contributed by atoms with Crippen molar-refractivity contribution < 1.29 is 4.79 Å². The van der Waals surface area contributed by atoms with Crippen LogP contribution in [0.3, 0.4) is 0 Å². The molecule has 1 amide bonds. The van der Waals surface area contributed by atoms with Crippen molar-refractivity contribution in [3.63, 3.8) is 0 Å². The third-order valence-corrected chi connectivity index (χ3v) is 5.27. The topological polar surface area (TPSA) is 104 Å². The number of rotatable bonds is 5. The Balaban J connectivity index is 1.48. The summed E-state index contributed by atoms with van der Waals surface area (Å²) in [6, 6.07) is 1.51. The molecule has 7 heteroatoms. The number of carbonyl (C=O) groups is 1. The van der Waals surface area contributed by atoms with Gasteiger partial charge in [0.25, 0.3) is 5.56 Å². The molecular weight excluding hydrogens is 318 g/mol. The summed E-state index contributed by atoms with van der Waals surface area (Å²) in [6.45, 7) is 3.22. The lowest BCUT2D eigenvalue weighted by atomic mass is 9.88.